The highest BCUT2D eigenvalue weighted by Gasteiger charge is 2.20. The van der Waals surface area contributed by atoms with Gasteiger partial charge in [-0.1, -0.05) is 26.0 Å². The second-order valence-corrected chi connectivity index (χ2v) is 4.95. The Morgan fingerprint density at radius 1 is 0.955 bits per heavy atom. The Balaban J connectivity index is 3.32. The number of benzene rings is 1. The molecule has 0 radical (unpaired) electrons. The molecular weight excluding hydrogens is 299 g/mol. The lowest BCUT2D eigenvalue weighted by Gasteiger charge is -2.10. The maximum absolute atomic E-state index is 14.2. The molecule has 22 heavy (non-hydrogen) atoms. The second-order valence-electron chi connectivity index (χ2n) is 4.95. The number of hydrogen-bond donors (Lipinski definition) is 0. The fraction of sp³-hybridized carbons (Fsp3) is 0.412. The summed E-state index contributed by atoms with van der Waals surface area (Å²) in [6, 6.07) is 2.37. The van der Waals surface area contributed by atoms with Crippen LogP contribution >= 0.6 is 0 Å². The zero-order chi connectivity index (χ0) is 16.7. The van der Waals surface area contributed by atoms with E-state index in [4.69, 9.17) is 0 Å². The van der Waals surface area contributed by atoms with E-state index in [2.05, 4.69) is 0 Å². The van der Waals surface area contributed by atoms with Crippen LogP contribution in [0.3, 0.4) is 0 Å². The van der Waals surface area contributed by atoms with Gasteiger partial charge >= 0.3 is 0 Å². The lowest BCUT2D eigenvalue weighted by molar-refractivity contribution is 0.146. The molecule has 0 amide bonds. The van der Waals surface area contributed by atoms with Crippen LogP contribution in [0.15, 0.2) is 23.8 Å². The first kappa shape index (κ1) is 18.4. The third-order valence-electron chi connectivity index (χ3n) is 3.06. The van der Waals surface area contributed by atoms with Gasteiger partial charge in [-0.2, -0.15) is 0 Å². The van der Waals surface area contributed by atoms with Gasteiger partial charge in [0.25, 0.3) is 6.43 Å². The van der Waals surface area contributed by atoms with Crippen LogP contribution in [-0.4, -0.2) is 0 Å². The monoisotopic (exact) mass is 318 g/mol. The molecular formula is C17H19F5. The molecule has 1 rings (SSSR count). The molecule has 0 atom stereocenters. The topological polar surface area (TPSA) is 0 Å². The van der Waals surface area contributed by atoms with Gasteiger partial charge in [0.05, 0.1) is 5.56 Å². The lowest BCUT2D eigenvalue weighted by Crippen LogP contribution is -1.98. The zero-order valence-corrected chi connectivity index (χ0v) is 12.6. The van der Waals surface area contributed by atoms with Gasteiger partial charge in [0, 0.05) is 5.56 Å². The van der Waals surface area contributed by atoms with Gasteiger partial charge in [-0.15, -0.1) is 0 Å². The van der Waals surface area contributed by atoms with Crippen LogP contribution in [0.5, 0.6) is 0 Å². The minimum atomic E-state index is -3.11. The van der Waals surface area contributed by atoms with E-state index < -0.39 is 29.5 Å². The van der Waals surface area contributed by atoms with Gasteiger partial charge < -0.3 is 0 Å². The van der Waals surface area contributed by atoms with Crippen molar-refractivity contribution in [2.75, 3.05) is 0 Å². The maximum Gasteiger partial charge on any atom is 0.267 e. The van der Waals surface area contributed by atoms with E-state index in [0.29, 0.717) is 12.8 Å². The predicted molar refractivity (Wildman–Crippen MR) is 79.3 cm³/mol. The van der Waals surface area contributed by atoms with Crippen molar-refractivity contribution in [1.29, 1.82) is 0 Å². The van der Waals surface area contributed by atoms with E-state index >= 15 is 0 Å². The van der Waals surface area contributed by atoms with Crippen molar-refractivity contribution in [2.24, 2.45) is 0 Å². The van der Waals surface area contributed by atoms with Gasteiger partial charge in [-0.25, -0.2) is 22.0 Å². The molecule has 0 bridgehead atoms. The molecule has 5 heteroatoms. The van der Waals surface area contributed by atoms with Crippen LogP contribution in [0, 0.1) is 5.82 Å². The van der Waals surface area contributed by atoms with E-state index in [9.17, 15) is 22.0 Å². The van der Waals surface area contributed by atoms with E-state index in [1.807, 2.05) is 0 Å². The second kappa shape index (κ2) is 8.71. The van der Waals surface area contributed by atoms with Crippen molar-refractivity contribution in [1.82, 2.24) is 0 Å². The maximum atomic E-state index is 14.2. The molecule has 0 fully saturated rings. The van der Waals surface area contributed by atoms with Crippen molar-refractivity contribution < 1.29 is 22.0 Å². The fourth-order valence-corrected chi connectivity index (χ4v) is 2.04. The molecule has 1 aromatic carbocycles. The van der Waals surface area contributed by atoms with Crippen molar-refractivity contribution in [3.8, 4) is 0 Å². The van der Waals surface area contributed by atoms with Crippen LogP contribution in [-0.2, 0) is 0 Å². The summed E-state index contributed by atoms with van der Waals surface area (Å²) in [6.07, 6.45) is -0.0620. The smallest absolute Gasteiger partial charge is 0.212 e. The van der Waals surface area contributed by atoms with Crippen molar-refractivity contribution in [3.63, 3.8) is 0 Å². The summed E-state index contributed by atoms with van der Waals surface area (Å²) in [5.74, 6) is -2.38. The highest BCUT2D eigenvalue weighted by Crippen LogP contribution is 2.31. The summed E-state index contributed by atoms with van der Waals surface area (Å²) in [6.45, 7) is 3.49. The van der Waals surface area contributed by atoms with Crippen molar-refractivity contribution >= 4 is 12.2 Å². The highest BCUT2D eigenvalue weighted by atomic mass is 19.3. The van der Waals surface area contributed by atoms with Gasteiger partial charge in [-0.3, -0.25) is 0 Å². The standard InChI is InChI=1S/C17H19F5/c1-3-5-13(18)9-11-7-8-12(10-14(19)6-4-2)16(20)15(11)17(21)22/h7-10,17H,3-6H2,1-2H3/b13-9-,14-10-. The molecule has 0 heterocycles. The first-order valence-electron chi connectivity index (χ1n) is 7.23. The highest BCUT2D eigenvalue weighted by molar-refractivity contribution is 5.62. The quantitative estimate of drug-likeness (QED) is 0.475. The zero-order valence-electron chi connectivity index (χ0n) is 12.6. The largest absolute Gasteiger partial charge is 0.267 e. The Bertz CT molecular complexity index is 558. The van der Waals surface area contributed by atoms with Crippen LogP contribution in [0.4, 0.5) is 22.0 Å². The summed E-state index contributed by atoms with van der Waals surface area (Å²) in [7, 11) is 0. The number of hydrogen-bond acceptors (Lipinski definition) is 0. The van der Waals surface area contributed by atoms with Crippen molar-refractivity contribution in [3.05, 3.63) is 46.3 Å². The molecule has 0 aliphatic rings. The molecule has 0 saturated heterocycles. The van der Waals surface area contributed by atoms with Crippen LogP contribution in [0.25, 0.3) is 12.2 Å². The molecule has 0 aromatic heterocycles. The van der Waals surface area contributed by atoms with E-state index in [1.165, 1.54) is 12.1 Å². The molecule has 0 N–H and O–H groups in total. The lowest BCUT2D eigenvalue weighted by atomic mass is 10.0. The normalized spacial score (nSPS) is 13.1. The number of allylic oxidation sites excluding steroid dienone is 2. The molecule has 122 valence electrons. The fourth-order valence-electron chi connectivity index (χ4n) is 2.04. The van der Waals surface area contributed by atoms with Gasteiger partial charge in [-0.05, 0) is 43.4 Å². The molecule has 0 spiro atoms. The molecule has 1 aromatic rings. The average molecular weight is 318 g/mol. The Morgan fingerprint density at radius 2 is 1.41 bits per heavy atom. The van der Waals surface area contributed by atoms with Crippen LogP contribution < -0.4 is 0 Å². The third kappa shape index (κ3) is 4.97. The number of alkyl halides is 2. The molecule has 0 nitrogen and oxygen atoms in total. The first-order chi connectivity index (χ1) is 10.4. The minimum Gasteiger partial charge on any atom is -0.212 e. The third-order valence-corrected chi connectivity index (χ3v) is 3.06. The predicted octanol–water partition coefficient (Wildman–Crippen LogP) is 6.98. The summed E-state index contributed by atoms with van der Waals surface area (Å²) in [5, 5.41) is 0. The first-order valence-corrected chi connectivity index (χ1v) is 7.23. The number of rotatable bonds is 7. The summed E-state index contributed by atoms with van der Waals surface area (Å²) in [4.78, 5) is 0. The molecule has 0 aliphatic heterocycles. The number of halogens is 5. The Morgan fingerprint density at radius 3 is 1.86 bits per heavy atom. The van der Waals surface area contributed by atoms with Crippen LogP contribution in [0.1, 0.15) is 62.6 Å². The summed E-state index contributed by atoms with van der Waals surface area (Å²) in [5.41, 5.74) is -1.37. The van der Waals surface area contributed by atoms with Gasteiger partial charge in [0.2, 0.25) is 0 Å². The molecule has 0 saturated carbocycles. The Kier molecular flexibility index (Phi) is 7.28. The summed E-state index contributed by atoms with van der Waals surface area (Å²) >= 11 is 0. The molecule has 0 unspecified atom stereocenters. The van der Waals surface area contributed by atoms with Gasteiger partial charge in [0.1, 0.15) is 17.5 Å². The Labute approximate surface area is 127 Å². The SMILES string of the molecule is CCC/C(F)=C/c1ccc(/C=C(\F)CCC)c(C(F)F)c1F. The summed E-state index contributed by atoms with van der Waals surface area (Å²) < 4.78 is 67.3. The van der Waals surface area contributed by atoms with E-state index in [-0.39, 0.29) is 24.0 Å². The van der Waals surface area contributed by atoms with Gasteiger partial charge in [0.15, 0.2) is 0 Å². The van der Waals surface area contributed by atoms with Crippen molar-refractivity contribution in [2.45, 2.75) is 46.0 Å². The minimum absolute atomic E-state index is 0.0943. The van der Waals surface area contributed by atoms with E-state index in [0.717, 1.165) is 12.2 Å². The molecule has 0 aliphatic carbocycles. The van der Waals surface area contributed by atoms with Crippen LogP contribution in [0.2, 0.25) is 0 Å². The average Bonchev–Trinajstić information content (AvgIpc) is 2.42. The Hall–Kier alpha value is -1.65. The van der Waals surface area contributed by atoms with E-state index in [1.54, 1.807) is 13.8 Å².